The molecule has 1 aromatic carbocycles. The Morgan fingerprint density at radius 2 is 1.77 bits per heavy atom. The van der Waals surface area contributed by atoms with E-state index in [9.17, 15) is 0 Å². The van der Waals surface area contributed by atoms with Gasteiger partial charge in [0.05, 0.1) is 0 Å². The van der Waals surface area contributed by atoms with Gasteiger partial charge in [-0.25, -0.2) is 0 Å². The van der Waals surface area contributed by atoms with Crippen LogP contribution in [0.1, 0.15) is 43.6 Å². The van der Waals surface area contributed by atoms with E-state index in [-0.39, 0.29) is 0 Å². The molecule has 1 radical (unpaired) electrons. The monoisotopic (exact) mass is 173 g/mol. The Hall–Kier alpha value is -0.780. The molecule has 0 N–H and O–H groups in total. The van der Waals surface area contributed by atoms with E-state index in [2.05, 4.69) is 36.8 Å². The largest absolute Gasteiger partial charge is 0.0622 e. The van der Waals surface area contributed by atoms with Crippen molar-refractivity contribution in [3.05, 3.63) is 42.3 Å². The van der Waals surface area contributed by atoms with E-state index in [1.807, 2.05) is 0 Å². The molecule has 1 aromatic rings. The molecule has 0 aromatic heterocycles. The zero-order valence-electron chi connectivity index (χ0n) is 8.08. The van der Waals surface area contributed by atoms with Gasteiger partial charge >= 0.3 is 0 Å². The summed E-state index contributed by atoms with van der Waals surface area (Å²) in [6.45, 7) is 0. The molecule has 1 aliphatic carbocycles. The van der Waals surface area contributed by atoms with Crippen molar-refractivity contribution in [2.24, 2.45) is 0 Å². The van der Waals surface area contributed by atoms with Crippen molar-refractivity contribution in [1.82, 2.24) is 0 Å². The Labute approximate surface area is 81.0 Å². The molecule has 1 unspecified atom stereocenters. The van der Waals surface area contributed by atoms with E-state index in [1.54, 1.807) is 0 Å². The number of rotatable bonds is 1. The molecule has 0 saturated heterocycles. The van der Waals surface area contributed by atoms with Crippen molar-refractivity contribution < 1.29 is 0 Å². The summed E-state index contributed by atoms with van der Waals surface area (Å²) in [6, 6.07) is 10.9. The van der Waals surface area contributed by atoms with Crippen LogP contribution in [0.3, 0.4) is 0 Å². The Balaban J connectivity index is 2.06. The quantitative estimate of drug-likeness (QED) is 0.564. The van der Waals surface area contributed by atoms with Crippen LogP contribution in [0.2, 0.25) is 0 Å². The summed E-state index contributed by atoms with van der Waals surface area (Å²) >= 11 is 0. The summed E-state index contributed by atoms with van der Waals surface area (Å²) in [5.74, 6) is 0.726. The maximum atomic E-state index is 2.50. The molecule has 0 aliphatic heterocycles. The average molecular weight is 173 g/mol. The first kappa shape index (κ1) is 8.80. The van der Waals surface area contributed by atoms with E-state index >= 15 is 0 Å². The summed E-state index contributed by atoms with van der Waals surface area (Å²) in [5.41, 5.74) is 1.50. The maximum absolute atomic E-state index is 2.50. The molecule has 1 saturated carbocycles. The molecule has 0 heteroatoms. The second-order valence-corrected chi connectivity index (χ2v) is 3.89. The molecule has 0 spiro atoms. The molecule has 1 fully saturated rings. The molecule has 2 rings (SSSR count). The number of benzene rings is 1. The molecule has 13 heavy (non-hydrogen) atoms. The van der Waals surface area contributed by atoms with Crippen LogP contribution < -0.4 is 0 Å². The van der Waals surface area contributed by atoms with E-state index in [1.165, 1.54) is 37.7 Å². The first-order valence-corrected chi connectivity index (χ1v) is 5.35. The summed E-state index contributed by atoms with van der Waals surface area (Å²) < 4.78 is 0. The number of hydrogen-bond acceptors (Lipinski definition) is 0. The third-order valence-corrected chi connectivity index (χ3v) is 2.90. The first-order valence-electron chi connectivity index (χ1n) is 5.35. The van der Waals surface area contributed by atoms with Gasteiger partial charge in [-0.05, 0) is 30.7 Å². The minimum atomic E-state index is 0.726. The van der Waals surface area contributed by atoms with Crippen LogP contribution in [0.4, 0.5) is 0 Å². The van der Waals surface area contributed by atoms with Crippen LogP contribution in [-0.4, -0.2) is 0 Å². The third-order valence-electron chi connectivity index (χ3n) is 2.90. The van der Waals surface area contributed by atoms with Crippen LogP contribution in [0.5, 0.6) is 0 Å². The Morgan fingerprint density at radius 1 is 0.923 bits per heavy atom. The lowest BCUT2D eigenvalue weighted by atomic mass is 9.92. The zero-order valence-corrected chi connectivity index (χ0v) is 8.08. The van der Waals surface area contributed by atoms with Gasteiger partial charge in [0.2, 0.25) is 0 Å². The molecule has 0 amide bonds. The fraction of sp³-hybridized carbons (Fsp3) is 0.462. The maximum Gasteiger partial charge on any atom is -0.0131 e. The van der Waals surface area contributed by atoms with Crippen molar-refractivity contribution >= 4 is 0 Å². The topological polar surface area (TPSA) is 0 Å². The molecule has 0 heterocycles. The van der Waals surface area contributed by atoms with Gasteiger partial charge < -0.3 is 0 Å². The fourth-order valence-electron chi connectivity index (χ4n) is 2.13. The predicted octanol–water partition coefficient (Wildman–Crippen LogP) is 3.94. The van der Waals surface area contributed by atoms with Crippen molar-refractivity contribution in [3.8, 4) is 0 Å². The second kappa shape index (κ2) is 4.45. The molecule has 69 valence electrons. The summed E-state index contributed by atoms with van der Waals surface area (Å²) in [5, 5.41) is 0. The van der Waals surface area contributed by atoms with Crippen molar-refractivity contribution in [2.45, 2.75) is 38.0 Å². The standard InChI is InChI=1S/C13H17/c1-2-5-9-12(8-4-1)13-10-6-3-7-11-13/h3,6-8,10-12H,1-2,4-5,9H2. The van der Waals surface area contributed by atoms with Crippen LogP contribution in [0, 0.1) is 6.42 Å². The molecule has 1 aliphatic rings. The Morgan fingerprint density at radius 3 is 2.62 bits per heavy atom. The molecule has 0 bridgehead atoms. The van der Waals surface area contributed by atoms with E-state index in [4.69, 9.17) is 0 Å². The minimum Gasteiger partial charge on any atom is -0.0622 e. The van der Waals surface area contributed by atoms with E-state index in [0.29, 0.717) is 0 Å². The minimum absolute atomic E-state index is 0.726. The normalized spacial score (nSPS) is 19.7. The van der Waals surface area contributed by atoms with Gasteiger partial charge in [-0.1, -0.05) is 49.6 Å². The average Bonchev–Trinajstić information content (AvgIpc) is 2.47. The highest BCUT2D eigenvalue weighted by Gasteiger charge is 2.13. The zero-order chi connectivity index (χ0) is 8.93. The van der Waals surface area contributed by atoms with Gasteiger partial charge in [0.15, 0.2) is 0 Å². The molecular weight excluding hydrogens is 156 g/mol. The van der Waals surface area contributed by atoms with Gasteiger partial charge in [-0.15, -0.1) is 0 Å². The Bertz CT molecular complexity index is 229. The van der Waals surface area contributed by atoms with Crippen LogP contribution in [0.25, 0.3) is 0 Å². The molecule has 1 atom stereocenters. The smallest absolute Gasteiger partial charge is 0.0131 e. The molecular formula is C13H17. The highest BCUT2D eigenvalue weighted by atomic mass is 14.2. The predicted molar refractivity (Wildman–Crippen MR) is 56.6 cm³/mol. The van der Waals surface area contributed by atoms with E-state index in [0.717, 1.165) is 5.92 Å². The van der Waals surface area contributed by atoms with Gasteiger partial charge in [-0.2, -0.15) is 0 Å². The first-order chi connectivity index (χ1) is 6.47. The summed E-state index contributed by atoms with van der Waals surface area (Å²) in [7, 11) is 0. The van der Waals surface area contributed by atoms with Crippen molar-refractivity contribution in [2.75, 3.05) is 0 Å². The van der Waals surface area contributed by atoms with Gasteiger partial charge in [0, 0.05) is 0 Å². The molecule has 0 nitrogen and oxygen atoms in total. The van der Waals surface area contributed by atoms with Gasteiger partial charge in [0.25, 0.3) is 0 Å². The van der Waals surface area contributed by atoms with Crippen LogP contribution >= 0.6 is 0 Å². The SMILES string of the molecule is [CH]1CCCCCC1c1ccccc1. The van der Waals surface area contributed by atoms with Crippen LogP contribution in [0.15, 0.2) is 30.3 Å². The third kappa shape index (κ3) is 2.33. The second-order valence-electron chi connectivity index (χ2n) is 3.89. The van der Waals surface area contributed by atoms with Gasteiger partial charge in [0.1, 0.15) is 0 Å². The highest BCUT2D eigenvalue weighted by Crippen LogP contribution is 2.30. The summed E-state index contributed by atoms with van der Waals surface area (Å²) in [4.78, 5) is 0. The lowest BCUT2D eigenvalue weighted by molar-refractivity contribution is 0.660. The van der Waals surface area contributed by atoms with Crippen molar-refractivity contribution in [1.29, 1.82) is 0 Å². The Kier molecular flexibility index (Phi) is 3.02. The summed E-state index contributed by atoms with van der Waals surface area (Å²) in [6.07, 6.45) is 9.37. The number of hydrogen-bond donors (Lipinski definition) is 0. The lowest BCUT2D eigenvalue weighted by Crippen LogP contribution is -1.96. The fourth-order valence-corrected chi connectivity index (χ4v) is 2.13. The lowest BCUT2D eigenvalue weighted by Gasteiger charge is -2.13. The van der Waals surface area contributed by atoms with Gasteiger partial charge in [-0.3, -0.25) is 0 Å². The van der Waals surface area contributed by atoms with E-state index < -0.39 is 0 Å². The highest BCUT2D eigenvalue weighted by molar-refractivity contribution is 5.22. The van der Waals surface area contributed by atoms with Crippen LogP contribution in [-0.2, 0) is 0 Å². The van der Waals surface area contributed by atoms with Crippen molar-refractivity contribution in [3.63, 3.8) is 0 Å².